The highest BCUT2D eigenvalue weighted by molar-refractivity contribution is 6.25. The Morgan fingerprint density at radius 3 is 2.65 bits per heavy atom. The van der Waals surface area contributed by atoms with Crippen LogP contribution in [0.5, 0.6) is 0 Å². The van der Waals surface area contributed by atoms with Crippen molar-refractivity contribution < 1.29 is 8.96 Å². The molecule has 0 aliphatic heterocycles. The van der Waals surface area contributed by atoms with Crippen molar-refractivity contribution in [2.45, 2.75) is 6.92 Å². The first kappa shape index (κ1) is 14.0. The Balaban J connectivity index is 2.15. The lowest BCUT2D eigenvalue weighted by Crippen LogP contribution is -2.28. The number of rotatable bonds is 0. The van der Waals surface area contributed by atoms with Gasteiger partial charge < -0.3 is 4.40 Å². The van der Waals surface area contributed by atoms with Crippen LogP contribution in [0.1, 0.15) is 5.56 Å². The summed E-state index contributed by atoms with van der Waals surface area (Å²) in [5.74, 6) is -0.195. The third-order valence-corrected chi connectivity index (χ3v) is 5.72. The number of aromatic nitrogens is 2. The summed E-state index contributed by atoms with van der Waals surface area (Å²) in [7, 11) is 2.10. The third-order valence-electron chi connectivity index (χ3n) is 5.72. The molecule has 3 heterocycles. The fourth-order valence-electron chi connectivity index (χ4n) is 4.62. The minimum Gasteiger partial charge on any atom is -0.307 e. The van der Waals surface area contributed by atoms with Crippen molar-refractivity contribution in [2.75, 3.05) is 0 Å². The molecule has 0 amide bonds. The predicted molar refractivity (Wildman–Crippen MR) is 104 cm³/mol. The molecule has 0 atom stereocenters. The second-order valence-electron chi connectivity index (χ2n) is 7.17. The first-order valence-electron chi connectivity index (χ1n) is 8.80. The highest BCUT2D eigenvalue weighted by atomic mass is 19.1. The van der Waals surface area contributed by atoms with E-state index in [1.165, 1.54) is 38.3 Å². The van der Waals surface area contributed by atoms with Gasteiger partial charge in [0.25, 0.3) is 0 Å². The maximum Gasteiger partial charge on any atom is 0.224 e. The van der Waals surface area contributed by atoms with Crippen LogP contribution >= 0.6 is 0 Å². The standard InChI is InChI=1S/C23H16FN2/c1-13-6-8-16-17-12-15(24)7-9-18(17)26-19-5-3-4-14-10-11-25(2)23(21(14)19)20(13)22(16)26/h3-12H,1-2H3/q+1. The number of benzene rings is 3. The van der Waals surface area contributed by atoms with E-state index < -0.39 is 0 Å². The Bertz CT molecular complexity index is 1510. The summed E-state index contributed by atoms with van der Waals surface area (Å²) >= 11 is 0. The van der Waals surface area contributed by atoms with E-state index >= 15 is 0 Å². The molecular weight excluding hydrogens is 323 g/mol. The number of aryl methyl sites for hydroxylation is 2. The quantitative estimate of drug-likeness (QED) is 0.203. The summed E-state index contributed by atoms with van der Waals surface area (Å²) in [6.45, 7) is 2.16. The van der Waals surface area contributed by atoms with Gasteiger partial charge >= 0.3 is 0 Å². The monoisotopic (exact) mass is 339 g/mol. The lowest BCUT2D eigenvalue weighted by molar-refractivity contribution is -0.643. The van der Waals surface area contributed by atoms with Crippen molar-refractivity contribution in [1.82, 2.24) is 4.40 Å². The molecule has 3 aromatic carbocycles. The van der Waals surface area contributed by atoms with E-state index in [-0.39, 0.29) is 5.82 Å². The summed E-state index contributed by atoms with van der Waals surface area (Å²) in [5, 5.41) is 5.79. The van der Waals surface area contributed by atoms with E-state index in [0.717, 1.165) is 16.3 Å². The normalized spacial score (nSPS) is 12.4. The summed E-state index contributed by atoms with van der Waals surface area (Å²) in [6.07, 6.45) is 2.12. The van der Waals surface area contributed by atoms with Crippen LogP contribution in [0.4, 0.5) is 4.39 Å². The molecule has 6 rings (SSSR count). The van der Waals surface area contributed by atoms with Gasteiger partial charge in [-0.2, -0.15) is 0 Å². The maximum absolute atomic E-state index is 14.0. The van der Waals surface area contributed by atoms with Crippen LogP contribution in [0, 0.1) is 12.7 Å². The summed E-state index contributed by atoms with van der Waals surface area (Å²) in [5.41, 5.74) is 5.86. The van der Waals surface area contributed by atoms with Crippen molar-refractivity contribution in [3.8, 4) is 0 Å². The number of nitrogens with zero attached hydrogens (tertiary/aromatic N) is 2. The zero-order valence-electron chi connectivity index (χ0n) is 14.5. The Morgan fingerprint density at radius 1 is 0.885 bits per heavy atom. The van der Waals surface area contributed by atoms with Crippen LogP contribution in [-0.4, -0.2) is 4.40 Å². The molecule has 0 unspecified atom stereocenters. The molecule has 0 spiro atoms. The van der Waals surface area contributed by atoms with Gasteiger partial charge in [-0.05, 0) is 42.1 Å². The Kier molecular flexibility index (Phi) is 2.42. The van der Waals surface area contributed by atoms with E-state index in [2.05, 4.69) is 65.5 Å². The average molecular weight is 339 g/mol. The molecule has 0 saturated carbocycles. The number of fused-ring (bicyclic) bond motifs is 5. The lowest BCUT2D eigenvalue weighted by Gasteiger charge is -2.12. The van der Waals surface area contributed by atoms with Gasteiger partial charge in [-0.1, -0.05) is 24.3 Å². The minimum atomic E-state index is -0.195. The van der Waals surface area contributed by atoms with E-state index in [9.17, 15) is 4.39 Å². The molecule has 3 aromatic heterocycles. The van der Waals surface area contributed by atoms with Crippen molar-refractivity contribution >= 4 is 49.0 Å². The highest BCUT2D eigenvalue weighted by Crippen LogP contribution is 2.40. The van der Waals surface area contributed by atoms with E-state index in [0.29, 0.717) is 0 Å². The zero-order chi connectivity index (χ0) is 17.6. The minimum absolute atomic E-state index is 0.195. The molecule has 26 heavy (non-hydrogen) atoms. The predicted octanol–water partition coefficient (Wildman–Crippen LogP) is 5.26. The molecule has 2 nitrogen and oxygen atoms in total. The Hall–Kier alpha value is -3.20. The number of pyridine rings is 2. The van der Waals surface area contributed by atoms with Crippen LogP contribution in [0.25, 0.3) is 49.0 Å². The van der Waals surface area contributed by atoms with Crippen molar-refractivity contribution in [2.24, 2.45) is 7.05 Å². The lowest BCUT2D eigenvalue weighted by atomic mass is 10.00. The first-order chi connectivity index (χ1) is 12.6. The topological polar surface area (TPSA) is 8.29 Å². The van der Waals surface area contributed by atoms with Gasteiger partial charge in [0.2, 0.25) is 5.52 Å². The second-order valence-corrected chi connectivity index (χ2v) is 7.17. The Morgan fingerprint density at radius 2 is 1.77 bits per heavy atom. The SMILES string of the molecule is Cc1ccc2c3cc(F)ccc3n3c4cccc5cc[n+](C)c(c1c23)c54. The number of hydrogen-bond donors (Lipinski definition) is 0. The van der Waals surface area contributed by atoms with Gasteiger partial charge in [-0.25, -0.2) is 8.96 Å². The van der Waals surface area contributed by atoms with Crippen LogP contribution in [-0.2, 0) is 7.05 Å². The van der Waals surface area contributed by atoms with Crippen molar-refractivity contribution in [1.29, 1.82) is 0 Å². The maximum atomic E-state index is 14.0. The van der Waals surface area contributed by atoms with E-state index in [4.69, 9.17) is 0 Å². The van der Waals surface area contributed by atoms with Gasteiger partial charge in [0.05, 0.1) is 27.3 Å². The average Bonchev–Trinajstić information content (AvgIpc) is 2.96. The fraction of sp³-hybridized carbons (Fsp3) is 0.0870. The second kappa shape index (κ2) is 4.50. The fourth-order valence-corrected chi connectivity index (χ4v) is 4.62. The van der Waals surface area contributed by atoms with E-state index in [1.807, 2.05) is 6.07 Å². The van der Waals surface area contributed by atoms with Crippen LogP contribution in [0.2, 0.25) is 0 Å². The van der Waals surface area contributed by atoms with Gasteiger partial charge in [0, 0.05) is 16.8 Å². The highest BCUT2D eigenvalue weighted by Gasteiger charge is 2.23. The van der Waals surface area contributed by atoms with Crippen LogP contribution in [0.3, 0.4) is 0 Å². The first-order valence-corrected chi connectivity index (χ1v) is 8.80. The smallest absolute Gasteiger partial charge is 0.224 e. The number of hydrogen-bond acceptors (Lipinski definition) is 0. The van der Waals surface area contributed by atoms with Gasteiger partial charge in [-0.15, -0.1) is 0 Å². The number of halogens is 1. The molecule has 3 heteroatoms. The molecular formula is C23H16FN2+. The molecule has 0 aliphatic rings. The molecule has 0 bridgehead atoms. The summed E-state index contributed by atoms with van der Waals surface area (Å²) < 4.78 is 18.5. The van der Waals surface area contributed by atoms with Gasteiger partial charge in [0.15, 0.2) is 6.20 Å². The molecule has 0 fully saturated rings. The largest absolute Gasteiger partial charge is 0.307 e. The van der Waals surface area contributed by atoms with Crippen LogP contribution < -0.4 is 4.57 Å². The summed E-state index contributed by atoms with van der Waals surface area (Å²) in [4.78, 5) is 0. The Labute approximate surface area is 149 Å². The zero-order valence-corrected chi connectivity index (χ0v) is 14.5. The molecule has 0 N–H and O–H groups in total. The molecule has 0 saturated heterocycles. The van der Waals surface area contributed by atoms with Crippen molar-refractivity contribution in [3.63, 3.8) is 0 Å². The molecule has 6 aromatic rings. The van der Waals surface area contributed by atoms with E-state index in [1.54, 1.807) is 12.1 Å². The third kappa shape index (κ3) is 1.50. The molecule has 0 radical (unpaired) electrons. The van der Waals surface area contributed by atoms with Crippen molar-refractivity contribution in [3.05, 3.63) is 72.2 Å². The summed E-state index contributed by atoms with van der Waals surface area (Å²) in [6, 6.07) is 18.0. The molecule has 124 valence electrons. The van der Waals surface area contributed by atoms with Gasteiger partial charge in [0.1, 0.15) is 12.9 Å². The van der Waals surface area contributed by atoms with Crippen LogP contribution in [0.15, 0.2) is 60.8 Å². The van der Waals surface area contributed by atoms with Gasteiger partial charge in [-0.3, -0.25) is 0 Å². The molecule has 0 aliphatic carbocycles.